The first-order valence-electron chi connectivity index (χ1n) is 11.3. The zero-order valence-electron chi connectivity index (χ0n) is 19.2. The van der Waals surface area contributed by atoms with Crippen LogP contribution in [0.3, 0.4) is 0 Å². The highest BCUT2D eigenvalue weighted by Crippen LogP contribution is 2.23. The quantitative estimate of drug-likeness (QED) is 0.538. The largest absolute Gasteiger partial charge is 0.372 e. The minimum Gasteiger partial charge on any atom is -0.372 e. The lowest BCUT2D eigenvalue weighted by molar-refractivity contribution is 0.391. The second kappa shape index (κ2) is 10.5. The molecule has 2 heterocycles. The zero-order chi connectivity index (χ0) is 21.5. The van der Waals surface area contributed by atoms with Gasteiger partial charge in [-0.25, -0.2) is 0 Å². The molecule has 1 aliphatic rings. The molecule has 0 amide bonds. The number of hydrogen-bond donors (Lipinski definition) is 1. The van der Waals surface area contributed by atoms with E-state index in [0.717, 1.165) is 30.5 Å². The number of aromatic nitrogens is 1. The molecule has 1 aliphatic heterocycles. The molecule has 30 heavy (non-hydrogen) atoms. The van der Waals surface area contributed by atoms with Gasteiger partial charge in [-0.15, -0.1) is 0 Å². The summed E-state index contributed by atoms with van der Waals surface area (Å²) in [6.45, 7) is 13.0. The van der Waals surface area contributed by atoms with Crippen LogP contribution in [0.4, 0.5) is 5.69 Å². The van der Waals surface area contributed by atoms with Crippen molar-refractivity contribution in [3.63, 3.8) is 0 Å². The van der Waals surface area contributed by atoms with Gasteiger partial charge in [0.15, 0.2) is 5.96 Å². The summed E-state index contributed by atoms with van der Waals surface area (Å²) in [6.07, 6.45) is 3.97. The van der Waals surface area contributed by atoms with E-state index in [1.54, 1.807) is 0 Å². The average Bonchev–Trinajstić information content (AvgIpc) is 3.10. The SMILES string of the molecule is CCNC(=NCC(C)c1c(C)noc1C)N(C)Cc1ccc(N2CCCCC2)cc1. The minimum atomic E-state index is 0.266. The Morgan fingerprint density at radius 1 is 1.20 bits per heavy atom. The van der Waals surface area contributed by atoms with Gasteiger partial charge >= 0.3 is 0 Å². The first-order valence-corrected chi connectivity index (χ1v) is 11.3. The number of piperidine rings is 1. The molecule has 1 unspecified atom stereocenters. The number of benzene rings is 1. The Labute approximate surface area is 181 Å². The van der Waals surface area contributed by atoms with E-state index < -0.39 is 0 Å². The number of hydrogen-bond acceptors (Lipinski definition) is 4. The van der Waals surface area contributed by atoms with E-state index in [0.29, 0.717) is 6.54 Å². The van der Waals surface area contributed by atoms with Crippen LogP contribution >= 0.6 is 0 Å². The predicted molar refractivity (Wildman–Crippen MR) is 124 cm³/mol. The highest BCUT2D eigenvalue weighted by Gasteiger charge is 2.17. The molecule has 1 atom stereocenters. The van der Waals surface area contributed by atoms with Crippen LogP contribution in [-0.4, -0.2) is 49.2 Å². The third kappa shape index (κ3) is 5.55. The molecule has 0 bridgehead atoms. The number of aliphatic imine (C=N–C) groups is 1. The molecule has 1 aromatic carbocycles. The summed E-state index contributed by atoms with van der Waals surface area (Å²) in [5, 5.41) is 7.50. The van der Waals surface area contributed by atoms with Crippen LogP contribution < -0.4 is 10.2 Å². The highest BCUT2D eigenvalue weighted by molar-refractivity contribution is 5.79. The molecule has 1 fully saturated rings. The summed E-state index contributed by atoms with van der Waals surface area (Å²) in [7, 11) is 2.10. The highest BCUT2D eigenvalue weighted by atomic mass is 16.5. The Balaban J connectivity index is 1.63. The van der Waals surface area contributed by atoms with Gasteiger partial charge in [-0.05, 0) is 57.7 Å². The number of rotatable bonds is 7. The van der Waals surface area contributed by atoms with E-state index in [2.05, 4.69) is 65.4 Å². The number of nitrogens with one attached hydrogen (secondary N) is 1. The second-order valence-corrected chi connectivity index (χ2v) is 8.40. The summed E-state index contributed by atoms with van der Waals surface area (Å²) in [5.41, 5.74) is 4.77. The lowest BCUT2D eigenvalue weighted by Gasteiger charge is -2.29. The molecular weight excluding hydrogens is 374 g/mol. The second-order valence-electron chi connectivity index (χ2n) is 8.40. The van der Waals surface area contributed by atoms with Crippen LogP contribution in [0.5, 0.6) is 0 Å². The first kappa shape index (κ1) is 22.2. The fourth-order valence-corrected chi connectivity index (χ4v) is 4.29. The van der Waals surface area contributed by atoms with Crippen molar-refractivity contribution in [2.75, 3.05) is 38.1 Å². The summed E-state index contributed by atoms with van der Waals surface area (Å²) in [6, 6.07) is 9.02. The summed E-state index contributed by atoms with van der Waals surface area (Å²) in [4.78, 5) is 9.58. The van der Waals surface area contributed by atoms with E-state index in [1.165, 1.54) is 49.2 Å². The Morgan fingerprint density at radius 2 is 1.90 bits per heavy atom. The van der Waals surface area contributed by atoms with Gasteiger partial charge in [-0.3, -0.25) is 4.99 Å². The van der Waals surface area contributed by atoms with Crippen molar-refractivity contribution in [2.45, 2.75) is 59.4 Å². The molecule has 0 spiro atoms. The van der Waals surface area contributed by atoms with Gasteiger partial charge in [0.05, 0.1) is 5.69 Å². The first-order chi connectivity index (χ1) is 14.5. The molecule has 1 saturated heterocycles. The molecule has 6 nitrogen and oxygen atoms in total. The lowest BCUT2D eigenvalue weighted by Crippen LogP contribution is -2.38. The molecule has 0 radical (unpaired) electrons. The summed E-state index contributed by atoms with van der Waals surface area (Å²) < 4.78 is 5.32. The molecule has 1 aromatic heterocycles. The maximum absolute atomic E-state index is 5.32. The molecule has 164 valence electrons. The van der Waals surface area contributed by atoms with Crippen LogP contribution in [0.1, 0.15) is 61.6 Å². The molecule has 0 saturated carbocycles. The number of nitrogens with zero attached hydrogens (tertiary/aromatic N) is 4. The topological polar surface area (TPSA) is 56.9 Å². The Morgan fingerprint density at radius 3 is 2.50 bits per heavy atom. The average molecular weight is 412 g/mol. The molecule has 0 aliphatic carbocycles. The van der Waals surface area contributed by atoms with Gasteiger partial charge in [-0.2, -0.15) is 0 Å². The maximum Gasteiger partial charge on any atom is 0.193 e. The fraction of sp³-hybridized carbons (Fsp3) is 0.583. The third-order valence-corrected chi connectivity index (χ3v) is 5.87. The van der Waals surface area contributed by atoms with Gasteiger partial charge in [0.25, 0.3) is 0 Å². The normalized spacial score (nSPS) is 15.9. The molecule has 3 rings (SSSR count). The number of anilines is 1. The van der Waals surface area contributed by atoms with Crippen molar-refractivity contribution in [2.24, 2.45) is 4.99 Å². The van der Waals surface area contributed by atoms with Gasteiger partial charge in [0.1, 0.15) is 5.76 Å². The monoisotopic (exact) mass is 411 g/mol. The van der Waals surface area contributed by atoms with Gasteiger partial charge in [0.2, 0.25) is 0 Å². The van der Waals surface area contributed by atoms with Crippen molar-refractivity contribution >= 4 is 11.6 Å². The van der Waals surface area contributed by atoms with E-state index in [-0.39, 0.29) is 5.92 Å². The van der Waals surface area contributed by atoms with Crippen molar-refractivity contribution in [3.05, 3.63) is 46.8 Å². The van der Waals surface area contributed by atoms with Crippen LogP contribution in [0.2, 0.25) is 0 Å². The Bertz CT molecular complexity index is 801. The van der Waals surface area contributed by atoms with Crippen molar-refractivity contribution in [1.82, 2.24) is 15.4 Å². The van der Waals surface area contributed by atoms with Crippen LogP contribution in [0.25, 0.3) is 0 Å². The summed E-state index contributed by atoms with van der Waals surface area (Å²) >= 11 is 0. The number of guanidine groups is 1. The van der Waals surface area contributed by atoms with Crippen molar-refractivity contribution in [3.8, 4) is 0 Å². The Hall–Kier alpha value is -2.50. The predicted octanol–water partition coefficient (Wildman–Crippen LogP) is 4.48. The minimum absolute atomic E-state index is 0.266. The van der Waals surface area contributed by atoms with Gasteiger partial charge in [0, 0.05) is 56.9 Å². The molecule has 1 N–H and O–H groups in total. The fourth-order valence-electron chi connectivity index (χ4n) is 4.29. The lowest BCUT2D eigenvalue weighted by atomic mass is 10.00. The standard InChI is InChI=1S/C24H37N5O/c1-6-25-24(26-16-18(2)23-19(3)27-30-20(23)4)28(5)17-21-10-12-22(13-11-21)29-14-8-7-9-15-29/h10-13,18H,6-9,14-17H2,1-5H3,(H,25,26). The van der Waals surface area contributed by atoms with Crippen LogP contribution in [0, 0.1) is 13.8 Å². The van der Waals surface area contributed by atoms with Crippen LogP contribution in [-0.2, 0) is 6.54 Å². The van der Waals surface area contributed by atoms with E-state index >= 15 is 0 Å². The van der Waals surface area contributed by atoms with Gasteiger partial charge in [-0.1, -0.05) is 24.2 Å². The van der Waals surface area contributed by atoms with Crippen LogP contribution in [0.15, 0.2) is 33.8 Å². The van der Waals surface area contributed by atoms with E-state index in [1.807, 2.05) is 13.8 Å². The molecule has 2 aromatic rings. The summed E-state index contributed by atoms with van der Waals surface area (Å²) in [5.74, 6) is 2.08. The Kier molecular flexibility index (Phi) is 7.77. The van der Waals surface area contributed by atoms with E-state index in [4.69, 9.17) is 9.52 Å². The molecular formula is C24H37N5O. The smallest absolute Gasteiger partial charge is 0.193 e. The number of aryl methyl sites for hydroxylation is 2. The van der Waals surface area contributed by atoms with Crippen molar-refractivity contribution < 1.29 is 4.52 Å². The maximum atomic E-state index is 5.32. The van der Waals surface area contributed by atoms with Crippen molar-refractivity contribution in [1.29, 1.82) is 0 Å². The van der Waals surface area contributed by atoms with Gasteiger partial charge < -0.3 is 19.6 Å². The molecule has 6 heteroatoms. The third-order valence-electron chi connectivity index (χ3n) is 5.87. The zero-order valence-corrected chi connectivity index (χ0v) is 19.2. The van der Waals surface area contributed by atoms with E-state index in [9.17, 15) is 0 Å².